The van der Waals surface area contributed by atoms with Crippen LogP contribution in [0.25, 0.3) is 0 Å². The van der Waals surface area contributed by atoms with Gasteiger partial charge in [0.05, 0.1) is 6.61 Å². The van der Waals surface area contributed by atoms with E-state index in [-0.39, 0.29) is 11.6 Å². The second-order valence-corrected chi connectivity index (χ2v) is 16.3. The number of hydrogen-bond donors (Lipinski definition) is 1. The predicted octanol–water partition coefficient (Wildman–Crippen LogP) is 3.34. The Kier molecular flexibility index (Phi) is 8.61. The van der Waals surface area contributed by atoms with E-state index in [1.807, 2.05) is 12.1 Å². The smallest absolute Gasteiger partial charge is 0.261 e. The Morgan fingerprint density at radius 2 is 1.40 bits per heavy atom. The van der Waals surface area contributed by atoms with Crippen LogP contribution in [0.2, 0.25) is 5.04 Å². The summed E-state index contributed by atoms with van der Waals surface area (Å²) in [6.07, 6.45) is -0.804. The van der Waals surface area contributed by atoms with Crippen molar-refractivity contribution in [3.05, 3.63) is 60.7 Å². The van der Waals surface area contributed by atoms with Crippen molar-refractivity contribution in [2.24, 2.45) is 0 Å². The lowest BCUT2D eigenvalue weighted by molar-refractivity contribution is -0.389. The number of aliphatic hydroxyl groups excluding tert-OH is 1. The summed E-state index contributed by atoms with van der Waals surface area (Å²) < 4.78 is 44.3. The van der Waals surface area contributed by atoms with Gasteiger partial charge in [-0.05, 0) is 28.3 Å². The highest BCUT2D eigenvalue weighted by atomic mass is 28.4. The molecule has 2 aromatic carbocycles. The van der Waals surface area contributed by atoms with Crippen molar-refractivity contribution in [2.75, 3.05) is 27.9 Å². The van der Waals surface area contributed by atoms with Crippen molar-refractivity contribution in [3.63, 3.8) is 0 Å². The van der Waals surface area contributed by atoms with E-state index in [2.05, 4.69) is 69.3 Å². The fourth-order valence-corrected chi connectivity index (χ4v) is 11.5. The number of rotatable bonds is 8. The average molecular weight is 573 g/mol. The monoisotopic (exact) mass is 572 g/mol. The third-order valence-electron chi connectivity index (χ3n) is 8.88. The van der Waals surface area contributed by atoms with Gasteiger partial charge in [0.25, 0.3) is 8.32 Å². The summed E-state index contributed by atoms with van der Waals surface area (Å²) in [5, 5.41) is 13.4. The minimum atomic E-state index is -2.85. The van der Waals surface area contributed by atoms with Gasteiger partial charge in [-0.3, -0.25) is 0 Å². The highest BCUT2D eigenvalue weighted by Gasteiger charge is 2.67. The van der Waals surface area contributed by atoms with Crippen molar-refractivity contribution in [1.82, 2.24) is 0 Å². The Balaban J connectivity index is 1.52. The van der Waals surface area contributed by atoms with Crippen LogP contribution in [0.15, 0.2) is 60.7 Å². The molecule has 3 aliphatic rings. The van der Waals surface area contributed by atoms with Gasteiger partial charge in [-0.15, -0.1) is 0 Å². The number of ether oxygens (including phenoxy) is 6. The number of hydrogen-bond acceptors (Lipinski definition) is 8. The maximum atomic E-state index is 11.2. The normalized spacial score (nSPS) is 32.2. The van der Waals surface area contributed by atoms with Gasteiger partial charge in [0, 0.05) is 34.2 Å². The van der Waals surface area contributed by atoms with Crippen LogP contribution >= 0.6 is 0 Å². The summed E-state index contributed by atoms with van der Waals surface area (Å²) in [6, 6.07) is 21.0. The van der Waals surface area contributed by atoms with Gasteiger partial charge >= 0.3 is 0 Å². The van der Waals surface area contributed by atoms with E-state index in [1.165, 1.54) is 17.5 Å². The Morgan fingerprint density at radius 3 is 1.93 bits per heavy atom. The molecule has 40 heavy (non-hydrogen) atoms. The molecule has 3 fully saturated rings. The first-order chi connectivity index (χ1) is 19.2. The van der Waals surface area contributed by atoms with Crippen LogP contribution in [0, 0.1) is 0 Å². The fraction of sp³-hybridized carbons (Fsp3) is 0.613. The molecule has 0 amide bonds. The molecule has 2 aliphatic heterocycles. The summed E-state index contributed by atoms with van der Waals surface area (Å²) in [7, 11) is 1.90. The first kappa shape index (κ1) is 29.8. The zero-order chi connectivity index (χ0) is 28.6. The Morgan fingerprint density at radius 1 is 0.850 bits per heavy atom. The number of fused-ring (bicyclic) bond motifs is 1. The molecule has 1 saturated carbocycles. The standard InChI is InChI=1S/C31H44O8Si/c1-29(2,3)40(22-15-9-7-10-16-22,23-17-11-8-12-18-23)36-21-24-26-27(25(32)28(33-4)37-24)39-31(38-26)20-14-13-19-30(31,34-5)35-6/h7-12,15-18,24-28,32H,13-14,19-21H2,1-6H3/t24-,25-,26+,27-,28+,31+/m1/s1. The van der Waals surface area contributed by atoms with Crippen molar-refractivity contribution in [1.29, 1.82) is 0 Å². The molecule has 0 unspecified atom stereocenters. The summed E-state index contributed by atoms with van der Waals surface area (Å²) in [5.41, 5.74) is 0. The lowest BCUT2D eigenvalue weighted by atomic mass is 9.87. The van der Waals surface area contributed by atoms with E-state index in [1.54, 1.807) is 14.2 Å². The minimum Gasteiger partial charge on any atom is -0.405 e. The quantitative estimate of drug-likeness (QED) is 0.381. The predicted molar refractivity (Wildman–Crippen MR) is 153 cm³/mol. The SMILES string of the molecule is CO[C@H]1O[C@H](CO[Si](c2ccccc2)(c2ccccc2)C(C)(C)C)[C@@H]2O[C@@]3(CCCCC3(OC)OC)O[C@@H]2[C@H]1O. The molecule has 6 atom stereocenters. The van der Waals surface area contributed by atoms with Crippen molar-refractivity contribution < 1.29 is 38.0 Å². The third-order valence-corrected chi connectivity index (χ3v) is 13.9. The number of aliphatic hydroxyl groups is 1. The fourth-order valence-electron chi connectivity index (χ4n) is 6.93. The second kappa shape index (κ2) is 11.5. The molecule has 220 valence electrons. The molecule has 2 saturated heterocycles. The van der Waals surface area contributed by atoms with Gasteiger partial charge in [-0.2, -0.15) is 0 Å². The molecular formula is C31H44O8Si. The second-order valence-electron chi connectivity index (χ2n) is 12.0. The third kappa shape index (κ3) is 4.79. The highest BCUT2D eigenvalue weighted by Crippen LogP contribution is 2.51. The molecule has 0 radical (unpaired) electrons. The minimum absolute atomic E-state index is 0.206. The summed E-state index contributed by atoms with van der Waals surface area (Å²) in [4.78, 5) is 0. The molecule has 5 rings (SSSR count). The van der Waals surface area contributed by atoms with Crippen LogP contribution in [0.5, 0.6) is 0 Å². The van der Waals surface area contributed by atoms with Gasteiger partial charge in [0.2, 0.25) is 11.6 Å². The molecule has 0 bridgehead atoms. The van der Waals surface area contributed by atoms with E-state index >= 15 is 0 Å². The lowest BCUT2D eigenvalue weighted by Gasteiger charge is -2.47. The first-order valence-electron chi connectivity index (χ1n) is 14.2. The van der Waals surface area contributed by atoms with Gasteiger partial charge in [0.1, 0.15) is 24.4 Å². The zero-order valence-electron chi connectivity index (χ0n) is 24.5. The summed E-state index contributed by atoms with van der Waals surface area (Å²) in [6.45, 7) is 6.95. The zero-order valence-corrected chi connectivity index (χ0v) is 25.5. The van der Waals surface area contributed by atoms with Crippen molar-refractivity contribution in [3.8, 4) is 0 Å². The van der Waals surface area contributed by atoms with Gasteiger partial charge in [-0.25, -0.2) is 0 Å². The van der Waals surface area contributed by atoms with E-state index in [0.717, 1.165) is 12.8 Å². The maximum Gasteiger partial charge on any atom is 0.261 e. The van der Waals surface area contributed by atoms with E-state index in [0.29, 0.717) is 12.8 Å². The molecule has 0 aromatic heterocycles. The van der Waals surface area contributed by atoms with Crippen LogP contribution in [-0.2, 0) is 32.8 Å². The molecule has 8 nitrogen and oxygen atoms in total. The Bertz CT molecular complexity index is 1070. The van der Waals surface area contributed by atoms with Crippen molar-refractivity contribution in [2.45, 2.75) is 93.8 Å². The molecular weight excluding hydrogens is 528 g/mol. The molecule has 9 heteroatoms. The van der Waals surface area contributed by atoms with E-state index in [4.69, 9.17) is 32.8 Å². The molecule has 1 spiro atoms. The Hall–Kier alpha value is -1.66. The van der Waals surface area contributed by atoms with Crippen LogP contribution in [0.3, 0.4) is 0 Å². The molecule has 1 aliphatic carbocycles. The van der Waals surface area contributed by atoms with Crippen LogP contribution < -0.4 is 10.4 Å². The summed E-state index contributed by atoms with van der Waals surface area (Å²) in [5.74, 6) is -2.26. The largest absolute Gasteiger partial charge is 0.405 e. The maximum absolute atomic E-state index is 11.2. The van der Waals surface area contributed by atoms with Gasteiger partial charge < -0.3 is 38.0 Å². The highest BCUT2D eigenvalue weighted by molar-refractivity contribution is 6.99. The van der Waals surface area contributed by atoms with Crippen LogP contribution in [-0.4, -0.2) is 83.6 Å². The molecule has 2 aromatic rings. The van der Waals surface area contributed by atoms with E-state index in [9.17, 15) is 5.11 Å². The molecule has 2 heterocycles. The number of benzene rings is 2. The van der Waals surface area contributed by atoms with Gasteiger partial charge in [-0.1, -0.05) is 81.4 Å². The average Bonchev–Trinajstić information content (AvgIpc) is 3.36. The summed E-state index contributed by atoms with van der Waals surface area (Å²) >= 11 is 0. The van der Waals surface area contributed by atoms with Gasteiger partial charge in [0.15, 0.2) is 6.29 Å². The Labute approximate surface area is 238 Å². The topological polar surface area (TPSA) is 84.8 Å². The lowest BCUT2D eigenvalue weighted by Crippen LogP contribution is -2.68. The number of methoxy groups -OCH3 is 3. The van der Waals surface area contributed by atoms with Crippen molar-refractivity contribution >= 4 is 18.7 Å². The van der Waals surface area contributed by atoms with Crippen LogP contribution in [0.1, 0.15) is 46.5 Å². The first-order valence-corrected chi connectivity index (χ1v) is 16.1. The van der Waals surface area contributed by atoms with E-state index < -0.39 is 50.6 Å². The van der Waals surface area contributed by atoms with Crippen LogP contribution in [0.4, 0.5) is 0 Å². The molecule has 1 N–H and O–H groups in total.